The minimum atomic E-state index is -0.535. The summed E-state index contributed by atoms with van der Waals surface area (Å²) < 4.78 is 0. The predicted molar refractivity (Wildman–Crippen MR) is 61.8 cm³/mol. The van der Waals surface area contributed by atoms with Crippen molar-refractivity contribution in [1.82, 2.24) is 5.32 Å². The highest BCUT2D eigenvalue weighted by molar-refractivity contribution is 5.80. The molecule has 0 aliphatic heterocycles. The van der Waals surface area contributed by atoms with Gasteiger partial charge in [0.05, 0.1) is 6.10 Å². The van der Waals surface area contributed by atoms with E-state index in [-0.39, 0.29) is 6.04 Å². The number of hydrogen-bond donors (Lipinski definition) is 2. The van der Waals surface area contributed by atoms with Crippen LogP contribution in [0.1, 0.15) is 13.3 Å². The Morgan fingerprint density at radius 2 is 2.29 bits per heavy atom. The fraction of sp³-hybridized carbons (Fsp3) is 0.545. The average Bonchev–Trinajstić information content (AvgIpc) is 2.19. The molecule has 0 aromatic carbocycles. The Morgan fingerprint density at radius 1 is 1.64 bits per heavy atom. The van der Waals surface area contributed by atoms with E-state index in [4.69, 9.17) is 0 Å². The van der Waals surface area contributed by atoms with Crippen molar-refractivity contribution in [2.24, 2.45) is 4.99 Å². The van der Waals surface area contributed by atoms with Crippen molar-refractivity contribution >= 4 is 6.21 Å². The van der Waals surface area contributed by atoms with Crippen LogP contribution in [0.4, 0.5) is 0 Å². The lowest BCUT2D eigenvalue weighted by atomic mass is 10.0. The minimum absolute atomic E-state index is 0.0548. The number of aliphatic hydroxyl groups is 1. The molecule has 1 unspecified atom stereocenters. The van der Waals surface area contributed by atoms with Crippen LogP contribution >= 0.6 is 0 Å². The third-order valence-corrected chi connectivity index (χ3v) is 2.12. The lowest BCUT2D eigenvalue weighted by Crippen LogP contribution is -2.38. The van der Waals surface area contributed by atoms with Gasteiger partial charge in [-0.3, -0.25) is 4.99 Å². The molecule has 3 heteroatoms. The van der Waals surface area contributed by atoms with Crippen molar-refractivity contribution in [2.45, 2.75) is 25.5 Å². The van der Waals surface area contributed by atoms with Gasteiger partial charge < -0.3 is 10.4 Å². The highest BCUT2D eigenvalue weighted by Crippen LogP contribution is 2.08. The molecular formula is C11H20N2O. The highest BCUT2D eigenvalue weighted by atomic mass is 16.3. The molecule has 0 saturated heterocycles. The minimum Gasteiger partial charge on any atom is -0.387 e. The number of nitrogens with zero attached hydrogens (tertiary/aromatic N) is 1. The summed E-state index contributed by atoms with van der Waals surface area (Å²) in [7, 11) is 3.52. The number of nitrogens with one attached hydrogen (secondary N) is 1. The topological polar surface area (TPSA) is 44.6 Å². The van der Waals surface area contributed by atoms with Gasteiger partial charge in [-0.05, 0) is 19.0 Å². The molecule has 0 rings (SSSR count). The summed E-state index contributed by atoms with van der Waals surface area (Å²) in [5.74, 6) is 0. The van der Waals surface area contributed by atoms with E-state index in [0.717, 1.165) is 12.0 Å². The Balaban J connectivity index is 4.65. The van der Waals surface area contributed by atoms with Crippen molar-refractivity contribution < 1.29 is 5.11 Å². The van der Waals surface area contributed by atoms with Crippen LogP contribution in [0.2, 0.25) is 0 Å². The monoisotopic (exact) mass is 196 g/mol. The lowest BCUT2D eigenvalue weighted by molar-refractivity contribution is 0.168. The quantitative estimate of drug-likeness (QED) is 0.494. The largest absolute Gasteiger partial charge is 0.387 e. The van der Waals surface area contributed by atoms with Crippen LogP contribution in [0, 0.1) is 0 Å². The molecule has 0 aliphatic carbocycles. The highest BCUT2D eigenvalue weighted by Gasteiger charge is 2.17. The molecule has 3 nitrogen and oxygen atoms in total. The molecule has 2 N–H and O–H groups in total. The molecule has 0 bridgehead atoms. The maximum absolute atomic E-state index is 9.96. The summed E-state index contributed by atoms with van der Waals surface area (Å²) in [6.45, 7) is 5.63. The Morgan fingerprint density at radius 3 is 2.64 bits per heavy atom. The molecule has 14 heavy (non-hydrogen) atoms. The summed E-state index contributed by atoms with van der Waals surface area (Å²) in [5, 5.41) is 13.0. The van der Waals surface area contributed by atoms with Crippen LogP contribution in [0.15, 0.2) is 29.3 Å². The molecule has 0 aromatic heterocycles. The van der Waals surface area contributed by atoms with Gasteiger partial charge in [-0.15, -0.1) is 0 Å². The lowest BCUT2D eigenvalue weighted by Gasteiger charge is -2.21. The van der Waals surface area contributed by atoms with Gasteiger partial charge in [0.25, 0.3) is 0 Å². The zero-order valence-corrected chi connectivity index (χ0v) is 9.20. The standard InChI is InChI=1S/C11H20N2O/c1-5-7-9(8-12-3)11(14)10(6-2)13-4/h5,7-8,10-11,13-14H,1,6H2,2-4H3/b9-7+,12-8?/t10?,11-/m1/s1. The normalized spacial score (nSPS) is 17.0. The van der Waals surface area contributed by atoms with Crippen LogP contribution in [-0.2, 0) is 0 Å². The fourth-order valence-electron chi connectivity index (χ4n) is 1.32. The van der Waals surface area contributed by atoms with Crippen molar-refractivity contribution in [3.05, 3.63) is 24.3 Å². The molecule has 0 spiro atoms. The molecule has 0 aromatic rings. The summed E-state index contributed by atoms with van der Waals surface area (Å²) in [5.41, 5.74) is 0.781. The maximum atomic E-state index is 9.96. The van der Waals surface area contributed by atoms with E-state index < -0.39 is 6.10 Å². The number of likely N-dealkylation sites (N-methyl/N-ethyl adjacent to an activating group) is 1. The summed E-state index contributed by atoms with van der Waals surface area (Å²) in [6.07, 6.45) is 5.42. The number of aliphatic imine (C=N–C) groups is 1. The summed E-state index contributed by atoms with van der Waals surface area (Å²) >= 11 is 0. The predicted octanol–water partition coefficient (Wildman–Crippen LogP) is 1.16. The smallest absolute Gasteiger partial charge is 0.0957 e. The van der Waals surface area contributed by atoms with Crippen LogP contribution in [0.25, 0.3) is 0 Å². The maximum Gasteiger partial charge on any atom is 0.0957 e. The van der Waals surface area contributed by atoms with Crippen molar-refractivity contribution in [3.63, 3.8) is 0 Å². The second-order valence-corrected chi connectivity index (χ2v) is 3.04. The van der Waals surface area contributed by atoms with Gasteiger partial charge in [-0.25, -0.2) is 0 Å². The van der Waals surface area contributed by atoms with Gasteiger partial charge in [0.15, 0.2) is 0 Å². The average molecular weight is 196 g/mol. The van der Waals surface area contributed by atoms with Crippen LogP contribution in [-0.4, -0.2) is 37.6 Å². The molecule has 0 radical (unpaired) electrons. The van der Waals surface area contributed by atoms with Gasteiger partial charge >= 0.3 is 0 Å². The third kappa shape index (κ3) is 3.85. The molecular weight excluding hydrogens is 176 g/mol. The molecule has 0 aliphatic rings. The van der Waals surface area contributed by atoms with Gasteiger partial charge in [0, 0.05) is 19.3 Å². The number of allylic oxidation sites excluding steroid dienone is 2. The SMILES string of the molecule is C=C/C=C(\C=NC)[C@@H](O)C(CC)NC. The number of aliphatic hydroxyl groups excluding tert-OH is 1. The molecule has 0 amide bonds. The Labute approximate surface area is 86.2 Å². The first kappa shape index (κ1) is 13.1. The number of rotatable bonds is 6. The second-order valence-electron chi connectivity index (χ2n) is 3.04. The first-order chi connectivity index (χ1) is 6.71. The van der Waals surface area contributed by atoms with Gasteiger partial charge in [-0.1, -0.05) is 25.7 Å². The molecule has 80 valence electrons. The first-order valence-corrected chi connectivity index (χ1v) is 4.81. The third-order valence-electron chi connectivity index (χ3n) is 2.12. The van der Waals surface area contributed by atoms with Gasteiger partial charge in [0.1, 0.15) is 0 Å². The Hall–Kier alpha value is -0.930. The van der Waals surface area contributed by atoms with E-state index in [2.05, 4.69) is 16.9 Å². The van der Waals surface area contributed by atoms with E-state index in [0.29, 0.717) is 0 Å². The zero-order chi connectivity index (χ0) is 11.0. The van der Waals surface area contributed by atoms with E-state index in [1.165, 1.54) is 0 Å². The molecule has 0 saturated carbocycles. The zero-order valence-electron chi connectivity index (χ0n) is 9.20. The number of hydrogen-bond acceptors (Lipinski definition) is 3. The molecule has 2 atom stereocenters. The second kappa shape index (κ2) is 7.47. The van der Waals surface area contributed by atoms with E-state index in [9.17, 15) is 5.11 Å². The molecule has 0 fully saturated rings. The van der Waals surface area contributed by atoms with E-state index in [1.807, 2.05) is 14.0 Å². The fourth-order valence-corrected chi connectivity index (χ4v) is 1.32. The van der Waals surface area contributed by atoms with Crippen LogP contribution in [0.5, 0.6) is 0 Å². The van der Waals surface area contributed by atoms with E-state index in [1.54, 1.807) is 25.4 Å². The van der Waals surface area contributed by atoms with Crippen molar-refractivity contribution in [3.8, 4) is 0 Å². The van der Waals surface area contributed by atoms with Gasteiger partial charge in [0.2, 0.25) is 0 Å². The van der Waals surface area contributed by atoms with Crippen molar-refractivity contribution in [2.75, 3.05) is 14.1 Å². The van der Waals surface area contributed by atoms with Crippen molar-refractivity contribution in [1.29, 1.82) is 0 Å². The molecule has 0 heterocycles. The first-order valence-electron chi connectivity index (χ1n) is 4.81. The van der Waals surface area contributed by atoms with Crippen LogP contribution in [0.3, 0.4) is 0 Å². The van der Waals surface area contributed by atoms with Gasteiger partial charge in [-0.2, -0.15) is 0 Å². The van der Waals surface area contributed by atoms with Crippen LogP contribution < -0.4 is 5.32 Å². The van der Waals surface area contributed by atoms with E-state index >= 15 is 0 Å². The summed E-state index contributed by atoms with van der Waals surface area (Å²) in [6, 6.07) is 0.0548. The Kier molecular flexibility index (Phi) is 6.98. The Bertz CT molecular complexity index is 217. The summed E-state index contributed by atoms with van der Waals surface area (Å²) in [4.78, 5) is 3.90.